The normalized spacial score (nSPS) is 22.0. The number of aromatic nitrogens is 4. The SMILES string of the molecule is CC(C)OCC1CN(c2ncnc(N3CCn4nc(C5CCC5)cc4C3)c2Cl)CCO1. The van der Waals surface area contributed by atoms with Crippen molar-refractivity contribution in [3.05, 3.63) is 28.8 Å². The van der Waals surface area contributed by atoms with Gasteiger partial charge in [-0.05, 0) is 32.8 Å². The molecule has 1 atom stereocenters. The summed E-state index contributed by atoms with van der Waals surface area (Å²) in [6.45, 7) is 9.20. The highest BCUT2D eigenvalue weighted by Gasteiger charge is 2.29. The lowest BCUT2D eigenvalue weighted by Gasteiger charge is -2.35. The van der Waals surface area contributed by atoms with Gasteiger partial charge in [0, 0.05) is 25.6 Å². The molecule has 0 bridgehead atoms. The molecule has 9 heteroatoms. The Kier molecular flexibility index (Phi) is 6.03. The van der Waals surface area contributed by atoms with Crippen LogP contribution < -0.4 is 9.80 Å². The van der Waals surface area contributed by atoms with Crippen LogP contribution in [0, 0.1) is 0 Å². The van der Waals surface area contributed by atoms with Gasteiger partial charge >= 0.3 is 0 Å². The minimum absolute atomic E-state index is 0.0138. The quantitative estimate of drug-likeness (QED) is 0.674. The van der Waals surface area contributed by atoms with Crippen LogP contribution in [0.15, 0.2) is 12.4 Å². The predicted molar refractivity (Wildman–Crippen MR) is 120 cm³/mol. The van der Waals surface area contributed by atoms with Crippen LogP contribution in [0.5, 0.6) is 0 Å². The number of halogens is 1. The Hall–Kier alpha value is -1.90. The molecule has 8 nitrogen and oxygen atoms in total. The van der Waals surface area contributed by atoms with E-state index in [1.165, 1.54) is 30.7 Å². The fourth-order valence-electron chi connectivity index (χ4n) is 4.48. The number of hydrogen-bond donors (Lipinski definition) is 0. The maximum absolute atomic E-state index is 6.86. The zero-order valence-corrected chi connectivity index (χ0v) is 19.1. The van der Waals surface area contributed by atoms with Gasteiger partial charge < -0.3 is 19.3 Å². The van der Waals surface area contributed by atoms with E-state index >= 15 is 0 Å². The fraction of sp³-hybridized carbons (Fsp3) is 0.682. The van der Waals surface area contributed by atoms with Crippen molar-refractivity contribution in [1.29, 1.82) is 0 Å². The molecule has 2 aliphatic heterocycles. The molecule has 1 saturated carbocycles. The first-order chi connectivity index (χ1) is 15.1. The fourth-order valence-corrected chi connectivity index (χ4v) is 4.81. The van der Waals surface area contributed by atoms with Crippen LogP contribution >= 0.6 is 11.6 Å². The number of ether oxygens (including phenoxy) is 2. The van der Waals surface area contributed by atoms with Crippen molar-refractivity contribution in [2.24, 2.45) is 0 Å². The summed E-state index contributed by atoms with van der Waals surface area (Å²) in [6, 6.07) is 2.27. The molecule has 0 amide bonds. The smallest absolute Gasteiger partial charge is 0.153 e. The van der Waals surface area contributed by atoms with Gasteiger partial charge in [-0.2, -0.15) is 5.10 Å². The van der Waals surface area contributed by atoms with Gasteiger partial charge in [-0.15, -0.1) is 0 Å². The third kappa shape index (κ3) is 4.38. The average molecular weight is 447 g/mol. The minimum atomic E-state index is 0.0138. The molecule has 0 N–H and O–H groups in total. The third-order valence-electron chi connectivity index (χ3n) is 6.45. The predicted octanol–water partition coefficient (Wildman–Crippen LogP) is 3.24. The Morgan fingerprint density at radius 2 is 1.97 bits per heavy atom. The Balaban J connectivity index is 1.31. The zero-order valence-electron chi connectivity index (χ0n) is 18.3. The second-order valence-corrected chi connectivity index (χ2v) is 9.37. The van der Waals surface area contributed by atoms with Crippen LogP contribution in [0.3, 0.4) is 0 Å². The van der Waals surface area contributed by atoms with Crippen molar-refractivity contribution >= 4 is 23.2 Å². The first-order valence-electron chi connectivity index (χ1n) is 11.4. The van der Waals surface area contributed by atoms with Gasteiger partial charge in [0.1, 0.15) is 11.3 Å². The van der Waals surface area contributed by atoms with E-state index in [2.05, 4.69) is 30.5 Å². The molecule has 0 aromatic carbocycles. The molecule has 2 fully saturated rings. The molecule has 0 radical (unpaired) electrons. The number of hydrogen-bond acceptors (Lipinski definition) is 7. The van der Waals surface area contributed by atoms with E-state index in [4.69, 9.17) is 26.2 Å². The molecule has 4 heterocycles. The van der Waals surface area contributed by atoms with Crippen molar-refractivity contribution in [3.8, 4) is 0 Å². The van der Waals surface area contributed by atoms with Crippen LogP contribution in [0.4, 0.5) is 11.6 Å². The van der Waals surface area contributed by atoms with E-state index in [0.717, 1.165) is 37.8 Å². The maximum atomic E-state index is 6.86. The molecule has 1 unspecified atom stereocenters. The highest BCUT2D eigenvalue weighted by atomic mass is 35.5. The van der Waals surface area contributed by atoms with Gasteiger partial charge in [0.25, 0.3) is 0 Å². The molecule has 2 aromatic rings. The van der Waals surface area contributed by atoms with Gasteiger partial charge in [0.05, 0.1) is 49.9 Å². The number of morpholine rings is 1. The molecule has 5 rings (SSSR count). The van der Waals surface area contributed by atoms with Gasteiger partial charge in [-0.3, -0.25) is 4.68 Å². The van der Waals surface area contributed by atoms with Gasteiger partial charge in [0.2, 0.25) is 0 Å². The van der Waals surface area contributed by atoms with Crippen LogP contribution in [0.1, 0.15) is 50.4 Å². The highest BCUT2D eigenvalue weighted by Crippen LogP contribution is 2.37. The standard InChI is InChI=1S/C22H31ClN6O2/c1-15(2)31-13-18-12-28(8-9-30-18)22-20(23)21(24-14-25-22)27-6-7-29-17(11-27)10-19(26-29)16-4-3-5-16/h10,14-16,18H,3-9,11-13H2,1-2H3. The second kappa shape index (κ2) is 8.92. The lowest BCUT2D eigenvalue weighted by atomic mass is 9.83. The summed E-state index contributed by atoms with van der Waals surface area (Å²) in [6.07, 6.45) is 5.68. The van der Waals surface area contributed by atoms with E-state index < -0.39 is 0 Å². The summed E-state index contributed by atoms with van der Waals surface area (Å²) in [5, 5.41) is 5.45. The number of anilines is 2. The summed E-state index contributed by atoms with van der Waals surface area (Å²) < 4.78 is 13.8. The van der Waals surface area contributed by atoms with Crippen LogP contribution in [-0.4, -0.2) is 64.8 Å². The molecule has 3 aliphatic rings. The molecule has 31 heavy (non-hydrogen) atoms. The average Bonchev–Trinajstić information content (AvgIpc) is 3.13. The molecule has 1 aliphatic carbocycles. The second-order valence-electron chi connectivity index (χ2n) is 8.99. The van der Waals surface area contributed by atoms with Gasteiger partial charge in [0.15, 0.2) is 11.6 Å². The monoisotopic (exact) mass is 446 g/mol. The summed E-state index contributed by atoms with van der Waals surface area (Å²) in [7, 11) is 0. The number of fused-ring (bicyclic) bond motifs is 1. The summed E-state index contributed by atoms with van der Waals surface area (Å²) in [4.78, 5) is 13.5. The number of rotatable bonds is 6. The van der Waals surface area contributed by atoms with Gasteiger partial charge in [-0.1, -0.05) is 18.0 Å². The Morgan fingerprint density at radius 1 is 1.16 bits per heavy atom. The summed E-state index contributed by atoms with van der Waals surface area (Å²) in [5.74, 6) is 2.22. The van der Waals surface area contributed by atoms with E-state index in [1.807, 2.05) is 13.8 Å². The minimum Gasteiger partial charge on any atom is -0.376 e. The Morgan fingerprint density at radius 3 is 2.71 bits per heavy atom. The summed E-state index contributed by atoms with van der Waals surface area (Å²) >= 11 is 6.86. The van der Waals surface area contributed by atoms with Crippen molar-refractivity contribution in [3.63, 3.8) is 0 Å². The lowest BCUT2D eigenvalue weighted by molar-refractivity contribution is -0.0407. The van der Waals surface area contributed by atoms with Crippen molar-refractivity contribution < 1.29 is 9.47 Å². The van der Waals surface area contributed by atoms with E-state index in [0.29, 0.717) is 30.7 Å². The molecule has 168 valence electrons. The van der Waals surface area contributed by atoms with Crippen LogP contribution in [-0.2, 0) is 22.6 Å². The van der Waals surface area contributed by atoms with Gasteiger partial charge in [-0.25, -0.2) is 9.97 Å². The molecular formula is C22H31ClN6O2. The zero-order chi connectivity index (χ0) is 21.4. The van der Waals surface area contributed by atoms with Crippen molar-refractivity contribution in [2.75, 3.05) is 42.6 Å². The van der Waals surface area contributed by atoms with E-state index in [9.17, 15) is 0 Å². The Labute approximate surface area is 188 Å². The summed E-state index contributed by atoms with van der Waals surface area (Å²) in [5.41, 5.74) is 2.49. The van der Waals surface area contributed by atoms with Crippen LogP contribution in [0.2, 0.25) is 5.02 Å². The first-order valence-corrected chi connectivity index (χ1v) is 11.8. The third-order valence-corrected chi connectivity index (χ3v) is 6.78. The molecule has 0 spiro atoms. The van der Waals surface area contributed by atoms with Crippen molar-refractivity contribution in [2.45, 2.75) is 64.3 Å². The van der Waals surface area contributed by atoms with E-state index in [-0.39, 0.29) is 12.2 Å². The topological polar surface area (TPSA) is 68.5 Å². The Bertz CT molecular complexity index is 915. The largest absolute Gasteiger partial charge is 0.376 e. The van der Waals surface area contributed by atoms with Crippen LogP contribution in [0.25, 0.3) is 0 Å². The molecular weight excluding hydrogens is 416 g/mol. The maximum Gasteiger partial charge on any atom is 0.153 e. The van der Waals surface area contributed by atoms with Crippen molar-refractivity contribution in [1.82, 2.24) is 19.7 Å². The molecule has 1 saturated heterocycles. The highest BCUT2D eigenvalue weighted by molar-refractivity contribution is 6.35. The lowest BCUT2D eigenvalue weighted by Crippen LogP contribution is -2.45. The number of nitrogens with zero attached hydrogens (tertiary/aromatic N) is 6. The molecule has 2 aromatic heterocycles. The first kappa shape index (κ1) is 21.0. The van der Waals surface area contributed by atoms with E-state index in [1.54, 1.807) is 6.33 Å².